The van der Waals surface area contributed by atoms with Crippen LogP contribution in [-0.2, 0) is 4.74 Å². The number of hydrogen-bond acceptors (Lipinski definition) is 6. The molecule has 2 amide bonds. The van der Waals surface area contributed by atoms with E-state index < -0.39 is 5.60 Å². The Labute approximate surface area is 238 Å². The van der Waals surface area contributed by atoms with E-state index in [1.807, 2.05) is 51.1 Å². The molecule has 1 aliphatic rings. The molecule has 208 valence electrons. The molecule has 1 N–H and O–H groups in total. The van der Waals surface area contributed by atoms with Gasteiger partial charge in [-0.25, -0.2) is 14.3 Å². The summed E-state index contributed by atoms with van der Waals surface area (Å²) in [5.74, 6) is 0.427. The first-order valence-corrected chi connectivity index (χ1v) is 13.6. The van der Waals surface area contributed by atoms with Crippen LogP contribution in [0.15, 0.2) is 60.8 Å². The summed E-state index contributed by atoms with van der Waals surface area (Å²) in [5, 5.41) is 8.17. The molecular formula is C30H32ClN5O4. The second-order valence-electron chi connectivity index (χ2n) is 10.8. The van der Waals surface area contributed by atoms with Crippen LogP contribution < -0.4 is 10.1 Å². The quantitative estimate of drug-likeness (QED) is 0.302. The van der Waals surface area contributed by atoms with E-state index in [9.17, 15) is 9.59 Å². The second kappa shape index (κ2) is 11.2. The highest BCUT2D eigenvalue weighted by molar-refractivity contribution is 6.31. The number of benzene rings is 2. The van der Waals surface area contributed by atoms with Gasteiger partial charge < -0.3 is 19.7 Å². The SMILES string of the molecule is COc1ccc(-c2cc3nc(C4CCN(C(=O)OC(C)(C)C)CC4)c(C(=O)Nc4cccc(Cl)c4)cn3n2)cc1. The summed E-state index contributed by atoms with van der Waals surface area (Å²) >= 11 is 6.14. The van der Waals surface area contributed by atoms with Crippen molar-refractivity contribution in [3.05, 3.63) is 77.1 Å². The largest absolute Gasteiger partial charge is 0.497 e. The maximum atomic E-state index is 13.6. The van der Waals surface area contributed by atoms with Gasteiger partial charge in [0.15, 0.2) is 5.65 Å². The lowest BCUT2D eigenvalue weighted by molar-refractivity contribution is 0.0203. The predicted molar refractivity (Wildman–Crippen MR) is 154 cm³/mol. The first kappa shape index (κ1) is 27.5. The van der Waals surface area contributed by atoms with Crippen LogP contribution in [0.5, 0.6) is 5.75 Å². The van der Waals surface area contributed by atoms with E-state index in [0.717, 1.165) is 17.0 Å². The molecule has 2 aromatic carbocycles. The average Bonchev–Trinajstić information content (AvgIpc) is 3.35. The van der Waals surface area contributed by atoms with Gasteiger partial charge in [0.2, 0.25) is 0 Å². The second-order valence-corrected chi connectivity index (χ2v) is 11.2. The Morgan fingerprint density at radius 1 is 1.05 bits per heavy atom. The monoisotopic (exact) mass is 561 g/mol. The van der Waals surface area contributed by atoms with Gasteiger partial charge in [-0.15, -0.1) is 0 Å². The molecular weight excluding hydrogens is 530 g/mol. The minimum Gasteiger partial charge on any atom is -0.497 e. The number of amides is 2. The smallest absolute Gasteiger partial charge is 0.410 e. The van der Waals surface area contributed by atoms with Gasteiger partial charge >= 0.3 is 6.09 Å². The Morgan fingerprint density at radius 3 is 2.42 bits per heavy atom. The number of aromatic nitrogens is 3. The summed E-state index contributed by atoms with van der Waals surface area (Å²) in [7, 11) is 1.62. The van der Waals surface area contributed by atoms with Crippen molar-refractivity contribution in [2.45, 2.75) is 45.1 Å². The normalized spacial score (nSPS) is 14.3. The minimum absolute atomic E-state index is 0.0249. The van der Waals surface area contributed by atoms with Crippen molar-refractivity contribution < 1.29 is 19.1 Å². The molecule has 2 aromatic heterocycles. The molecule has 0 spiro atoms. The van der Waals surface area contributed by atoms with E-state index in [2.05, 4.69) is 5.32 Å². The molecule has 40 heavy (non-hydrogen) atoms. The van der Waals surface area contributed by atoms with Crippen LogP contribution >= 0.6 is 11.6 Å². The highest BCUT2D eigenvalue weighted by atomic mass is 35.5. The standard InChI is InChI=1S/C30H32ClN5O4/c1-30(2,3)40-29(38)35-14-12-20(13-15-35)27-24(28(37)32-22-7-5-6-21(31)16-22)18-36-26(33-27)17-25(34-36)19-8-10-23(39-4)11-9-19/h5-11,16-18,20H,12-15H2,1-4H3,(H,32,37). The van der Waals surface area contributed by atoms with Crippen molar-refractivity contribution in [1.82, 2.24) is 19.5 Å². The van der Waals surface area contributed by atoms with Gasteiger partial charge in [0, 0.05) is 47.5 Å². The maximum Gasteiger partial charge on any atom is 0.410 e. The Balaban J connectivity index is 1.47. The summed E-state index contributed by atoms with van der Waals surface area (Å²) in [6.45, 7) is 6.59. The first-order chi connectivity index (χ1) is 19.1. The first-order valence-electron chi connectivity index (χ1n) is 13.2. The molecule has 3 heterocycles. The van der Waals surface area contributed by atoms with Crippen molar-refractivity contribution >= 4 is 34.9 Å². The summed E-state index contributed by atoms with van der Waals surface area (Å²) in [5.41, 5.74) is 3.40. The molecule has 0 unspecified atom stereocenters. The van der Waals surface area contributed by atoms with Gasteiger partial charge in [0.1, 0.15) is 11.4 Å². The number of ether oxygens (including phenoxy) is 2. The highest BCUT2D eigenvalue weighted by Crippen LogP contribution is 2.32. The zero-order valence-electron chi connectivity index (χ0n) is 23.0. The molecule has 0 aliphatic carbocycles. The van der Waals surface area contributed by atoms with Crippen LogP contribution in [0.25, 0.3) is 16.9 Å². The minimum atomic E-state index is -0.560. The van der Waals surface area contributed by atoms with Gasteiger partial charge in [-0.05, 0) is 76.1 Å². The molecule has 0 bridgehead atoms. The Morgan fingerprint density at radius 2 is 1.77 bits per heavy atom. The molecule has 0 atom stereocenters. The fraction of sp³-hybridized carbons (Fsp3) is 0.333. The van der Waals surface area contributed by atoms with Gasteiger partial charge in [-0.1, -0.05) is 17.7 Å². The molecule has 4 aromatic rings. The number of halogens is 1. The summed E-state index contributed by atoms with van der Waals surface area (Å²) in [4.78, 5) is 32.8. The van der Waals surface area contributed by atoms with Gasteiger partial charge in [0.25, 0.3) is 5.91 Å². The van der Waals surface area contributed by atoms with E-state index in [0.29, 0.717) is 53.5 Å². The van der Waals surface area contributed by atoms with Gasteiger partial charge in [0.05, 0.1) is 24.1 Å². The zero-order chi connectivity index (χ0) is 28.4. The molecule has 10 heteroatoms. The van der Waals surface area contributed by atoms with Crippen LogP contribution in [0.2, 0.25) is 5.02 Å². The lowest BCUT2D eigenvalue weighted by Crippen LogP contribution is -2.41. The van der Waals surface area contributed by atoms with Crippen LogP contribution in [-0.4, -0.2) is 57.3 Å². The maximum absolute atomic E-state index is 13.6. The Bertz CT molecular complexity index is 1540. The molecule has 9 nitrogen and oxygen atoms in total. The van der Waals surface area contributed by atoms with Crippen LogP contribution in [0.1, 0.15) is 55.6 Å². The third-order valence-corrected chi connectivity index (χ3v) is 6.96. The van der Waals surface area contributed by atoms with Crippen molar-refractivity contribution in [1.29, 1.82) is 0 Å². The van der Waals surface area contributed by atoms with Gasteiger partial charge in [-0.3, -0.25) is 4.79 Å². The highest BCUT2D eigenvalue weighted by Gasteiger charge is 2.31. The molecule has 1 saturated heterocycles. The lowest BCUT2D eigenvalue weighted by atomic mass is 9.90. The molecule has 0 radical (unpaired) electrons. The molecule has 5 rings (SSSR count). The van der Waals surface area contributed by atoms with Crippen LogP contribution in [0.4, 0.5) is 10.5 Å². The zero-order valence-corrected chi connectivity index (χ0v) is 23.7. The average molecular weight is 562 g/mol. The van der Waals surface area contributed by atoms with Crippen molar-refractivity contribution in [2.24, 2.45) is 0 Å². The lowest BCUT2D eigenvalue weighted by Gasteiger charge is -2.33. The Hall–Kier alpha value is -4.11. The number of piperidine rings is 1. The molecule has 1 aliphatic heterocycles. The predicted octanol–water partition coefficient (Wildman–Crippen LogP) is 6.43. The topological polar surface area (TPSA) is 98.1 Å². The fourth-order valence-electron chi connectivity index (χ4n) is 4.75. The molecule has 0 saturated carbocycles. The number of likely N-dealkylation sites (tertiary alicyclic amines) is 1. The van der Waals surface area contributed by atoms with Crippen LogP contribution in [0.3, 0.4) is 0 Å². The van der Waals surface area contributed by atoms with E-state index >= 15 is 0 Å². The number of rotatable bonds is 5. The number of carbonyl (C=O) groups is 2. The van der Waals surface area contributed by atoms with Gasteiger partial charge in [-0.2, -0.15) is 5.10 Å². The number of fused-ring (bicyclic) bond motifs is 1. The van der Waals surface area contributed by atoms with E-state index in [4.69, 9.17) is 31.2 Å². The number of carbonyl (C=O) groups excluding carboxylic acids is 2. The Kier molecular flexibility index (Phi) is 7.67. The van der Waals surface area contributed by atoms with E-state index in [1.165, 1.54) is 0 Å². The fourth-order valence-corrected chi connectivity index (χ4v) is 4.94. The summed E-state index contributed by atoms with van der Waals surface area (Å²) < 4.78 is 12.4. The van der Waals surface area contributed by atoms with Crippen molar-refractivity contribution in [2.75, 3.05) is 25.5 Å². The van der Waals surface area contributed by atoms with E-state index in [-0.39, 0.29) is 17.9 Å². The third kappa shape index (κ3) is 6.20. The summed E-state index contributed by atoms with van der Waals surface area (Å²) in [6, 6.07) is 16.5. The number of anilines is 1. The molecule has 1 fully saturated rings. The van der Waals surface area contributed by atoms with Crippen molar-refractivity contribution in [3.63, 3.8) is 0 Å². The number of nitrogens with one attached hydrogen (secondary N) is 1. The van der Waals surface area contributed by atoms with Crippen LogP contribution in [0, 0.1) is 0 Å². The third-order valence-electron chi connectivity index (χ3n) is 6.72. The van der Waals surface area contributed by atoms with E-state index in [1.54, 1.807) is 47.0 Å². The number of hydrogen-bond donors (Lipinski definition) is 1. The van der Waals surface area contributed by atoms with Crippen molar-refractivity contribution in [3.8, 4) is 17.0 Å². The number of methoxy groups -OCH3 is 1. The number of nitrogens with zero attached hydrogens (tertiary/aromatic N) is 4. The summed E-state index contributed by atoms with van der Waals surface area (Å²) in [6.07, 6.45) is 2.71.